The second kappa shape index (κ2) is 5.97. The van der Waals surface area contributed by atoms with Crippen molar-refractivity contribution in [1.82, 2.24) is 16.0 Å². The van der Waals surface area contributed by atoms with Crippen LogP contribution >= 0.6 is 11.8 Å². The first kappa shape index (κ1) is 12.3. The molecule has 5 nitrogen and oxygen atoms in total. The molecule has 3 N–H and O–H groups in total. The second-order valence-electron chi connectivity index (χ2n) is 3.50. The van der Waals surface area contributed by atoms with E-state index in [0.717, 1.165) is 18.3 Å². The lowest BCUT2D eigenvalue weighted by molar-refractivity contribution is -0.122. The molecule has 0 radical (unpaired) electrons. The Balaban J connectivity index is 2.21. The highest BCUT2D eigenvalue weighted by Gasteiger charge is 2.27. The van der Waals surface area contributed by atoms with Crippen molar-refractivity contribution in [3.05, 3.63) is 0 Å². The van der Waals surface area contributed by atoms with Crippen molar-refractivity contribution in [1.29, 1.82) is 0 Å². The van der Waals surface area contributed by atoms with Crippen LogP contribution in [0.3, 0.4) is 0 Å². The normalized spacial score (nSPS) is 22.3. The third-order valence-corrected chi connectivity index (χ3v) is 3.00. The largest absolute Gasteiger partial charge is 0.353 e. The summed E-state index contributed by atoms with van der Waals surface area (Å²) in [6.07, 6.45) is 0. The Labute approximate surface area is 93.7 Å². The molecule has 15 heavy (non-hydrogen) atoms. The molecule has 0 bridgehead atoms. The Morgan fingerprint density at radius 1 is 1.73 bits per heavy atom. The van der Waals surface area contributed by atoms with Gasteiger partial charge in [0.05, 0.1) is 0 Å². The van der Waals surface area contributed by atoms with E-state index in [2.05, 4.69) is 16.0 Å². The fourth-order valence-electron chi connectivity index (χ4n) is 1.32. The Hall–Kier alpha value is -0.750. The molecule has 1 saturated heterocycles. The lowest BCUT2D eigenvalue weighted by Gasteiger charge is -2.15. The molecule has 0 aliphatic carbocycles. The van der Waals surface area contributed by atoms with Gasteiger partial charge in [-0.05, 0) is 13.5 Å². The third-order valence-electron chi connectivity index (χ3n) is 2.12. The molecule has 1 rings (SSSR count). The Morgan fingerprint density at radius 3 is 3.00 bits per heavy atom. The van der Waals surface area contributed by atoms with E-state index in [1.54, 1.807) is 0 Å². The number of likely N-dealkylation sites (N-methyl/N-ethyl adjacent to an activating group) is 1. The number of carbonyl (C=O) groups excluding carboxylic acids is 2. The minimum Gasteiger partial charge on any atom is -0.353 e. The first-order valence-corrected chi connectivity index (χ1v) is 6.06. The topological polar surface area (TPSA) is 70.2 Å². The van der Waals surface area contributed by atoms with Crippen molar-refractivity contribution in [2.45, 2.75) is 25.9 Å². The van der Waals surface area contributed by atoms with E-state index in [1.165, 1.54) is 0 Å². The van der Waals surface area contributed by atoms with Crippen LogP contribution in [0.25, 0.3) is 0 Å². The maximum absolute atomic E-state index is 11.5. The molecule has 1 fully saturated rings. The van der Waals surface area contributed by atoms with Gasteiger partial charge in [-0.15, -0.1) is 0 Å². The van der Waals surface area contributed by atoms with Crippen molar-refractivity contribution >= 4 is 22.9 Å². The molecule has 0 saturated carbocycles. The smallest absolute Gasteiger partial charge is 0.279 e. The van der Waals surface area contributed by atoms with Crippen molar-refractivity contribution < 1.29 is 9.59 Å². The van der Waals surface area contributed by atoms with Crippen LogP contribution in [0.4, 0.5) is 4.79 Å². The molecule has 2 amide bonds. The zero-order chi connectivity index (χ0) is 11.3. The minimum absolute atomic E-state index is 0.0990. The number of carbonyl (C=O) groups is 2. The highest BCUT2D eigenvalue weighted by Crippen LogP contribution is 2.12. The zero-order valence-electron chi connectivity index (χ0n) is 9.00. The maximum atomic E-state index is 11.5. The summed E-state index contributed by atoms with van der Waals surface area (Å²) in [5.41, 5.74) is 0. The van der Waals surface area contributed by atoms with Gasteiger partial charge in [0.2, 0.25) is 5.91 Å². The summed E-state index contributed by atoms with van der Waals surface area (Å²) >= 11 is 1.15. The molecule has 0 aromatic heterocycles. The summed E-state index contributed by atoms with van der Waals surface area (Å²) in [5, 5.41) is 8.48. The average Bonchev–Trinajstić information content (AvgIpc) is 2.62. The van der Waals surface area contributed by atoms with Crippen LogP contribution < -0.4 is 16.0 Å². The first-order valence-electron chi connectivity index (χ1n) is 5.08. The van der Waals surface area contributed by atoms with Crippen LogP contribution in [0.5, 0.6) is 0 Å². The molecule has 0 aromatic carbocycles. The van der Waals surface area contributed by atoms with Gasteiger partial charge in [-0.1, -0.05) is 18.7 Å². The van der Waals surface area contributed by atoms with E-state index >= 15 is 0 Å². The van der Waals surface area contributed by atoms with E-state index < -0.39 is 0 Å². The number of rotatable bonds is 5. The van der Waals surface area contributed by atoms with E-state index in [4.69, 9.17) is 0 Å². The second-order valence-corrected chi connectivity index (χ2v) is 4.49. The first-order chi connectivity index (χ1) is 7.13. The molecule has 1 aliphatic heterocycles. The van der Waals surface area contributed by atoms with Crippen LogP contribution in [0.1, 0.15) is 13.8 Å². The van der Waals surface area contributed by atoms with Gasteiger partial charge in [-0.2, -0.15) is 0 Å². The Bertz CT molecular complexity index is 248. The fraction of sp³-hybridized carbons (Fsp3) is 0.778. The predicted octanol–water partition coefficient (Wildman–Crippen LogP) is -0.0744. The number of amides is 2. The Morgan fingerprint density at radius 2 is 2.47 bits per heavy atom. The van der Waals surface area contributed by atoms with Crippen LogP contribution in [0, 0.1) is 0 Å². The molecule has 0 aromatic rings. The van der Waals surface area contributed by atoms with E-state index in [-0.39, 0.29) is 23.2 Å². The van der Waals surface area contributed by atoms with Crippen molar-refractivity contribution in [3.63, 3.8) is 0 Å². The SMILES string of the molecule is CCN[C@H](C)CNC(=O)[C@@H]1CSC(=O)N1. The molecule has 1 aliphatic rings. The summed E-state index contributed by atoms with van der Waals surface area (Å²) < 4.78 is 0. The van der Waals surface area contributed by atoms with Crippen molar-refractivity contribution in [2.75, 3.05) is 18.8 Å². The van der Waals surface area contributed by atoms with E-state index in [0.29, 0.717) is 12.3 Å². The van der Waals surface area contributed by atoms with Gasteiger partial charge >= 0.3 is 0 Å². The summed E-state index contributed by atoms with van der Waals surface area (Å²) in [6.45, 7) is 5.49. The van der Waals surface area contributed by atoms with Gasteiger partial charge in [-0.25, -0.2) is 0 Å². The van der Waals surface area contributed by atoms with Gasteiger partial charge < -0.3 is 16.0 Å². The quantitative estimate of drug-likeness (QED) is 0.619. The lowest BCUT2D eigenvalue weighted by Crippen LogP contribution is -2.47. The van der Waals surface area contributed by atoms with Crippen LogP contribution in [-0.2, 0) is 4.79 Å². The summed E-state index contributed by atoms with van der Waals surface area (Å²) in [4.78, 5) is 22.4. The number of hydrogen-bond donors (Lipinski definition) is 3. The Kier molecular flexibility index (Phi) is 4.90. The summed E-state index contributed by atoms with van der Waals surface area (Å²) in [7, 11) is 0. The van der Waals surface area contributed by atoms with Gasteiger partial charge in [0.15, 0.2) is 0 Å². The standard InChI is InChI=1S/C9H17N3O2S/c1-3-10-6(2)4-11-8(13)7-5-15-9(14)12-7/h6-7,10H,3-5H2,1-2H3,(H,11,13)(H,12,14)/t6-,7+/m1/s1. The van der Waals surface area contributed by atoms with Crippen LogP contribution in [0.2, 0.25) is 0 Å². The molecule has 0 unspecified atom stereocenters. The van der Waals surface area contributed by atoms with Crippen LogP contribution in [0.15, 0.2) is 0 Å². The summed E-state index contributed by atoms with van der Waals surface area (Å²) in [6, 6.07) is -0.111. The van der Waals surface area contributed by atoms with Crippen molar-refractivity contribution in [2.24, 2.45) is 0 Å². The maximum Gasteiger partial charge on any atom is 0.279 e. The highest BCUT2D eigenvalue weighted by molar-refractivity contribution is 8.14. The zero-order valence-corrected chi connectivity index (χ0v) is 9.82. The van der Waals surface area contributed by atoms with Gasteiger partial charge in [0.25, 0.3) is 5.24 Å². The third kappa shape index (κ3) is 4.09. The minimum atomic E-state index is -0.365. The highest BCUT2D eigenvalue weighted by atomic mass is 32.2. The summed E-state index contributed by atoms with van der Waals surface area (Å²) in [5.74, 6) is 0.429. The van der Waals surface area contributed by atoms with Gasteiger partial charge in [0, 0.05) is 18.3 Å². The fourth-order valence-corrected chi connectivity index (χ4v) is 2.10. The van der Waals surface area contributed by atoms with Gasteiger partial charge in [-0.3, -0.25) is 9.59 Å². The molecular formula is C9H17N3O2S. The van der Waals surface area contributed by atoms with Gasteiger partial charge in [0.1, 0.15) is 6.04 Å². The molecule has 1 heterocycles. The molecule has 6 heteroatoms. The average molecular weight is 231 g/mol. The number of thioether (sulfide) groups is 1. The predicted molar refractivity (Wildman–Crippen MR) is 60.9 cm³/mol. The molecule has 0 spiro atoms. The monoisotopic (exact) mass is 231 g/mol. The van der Waals surface area contributed by atoms with Crippen LogP contribution in [-0.4, -0.2) is 42.1 Å². The van der Waals surface area contributed by atoms with Crippen molar-refractivity contribution in [3.8, 4) is 0 Å². The van der Waals surface area contributed by atoms with E-state index in [9.17, 15) is 9.59 Å². The number of nitrogens with one attached hydrogen (secondary N) is 3. The lowest BCUT2D eigenvalue weighted by atomic mass is 10.3. The number of hydrogen-bond acceptors (Lipinski definition) is 4. The van der Waals surface area contributed by atoms with E-state index in [1.807, 2.05) is 13.8 Å². The molecular weight excluding hydrogens is 214 g/mol. The molecule has 86 valence electrons. The molecule has 2 atom stereocenters.